The second-order valence-electron chi connectivity index (χ2n) is 6.06. The average molecular weight is 277 g/mol. The number of piperidine rings is 1. The van der Waals surface area contributed by atoms with E-state index in [-0.39, 0.29) is 0 Å². The molecular weight excluding hydrogens is 250 g/mol. The Morgan fingerprint density at radius 1 is 1.15 bits per heavy atom. The first-order chi connectivity index (χ1) is 9.62. The second kappa shape index (κ2) is 6.98. The summed E-state index contributed by atoms with van der Waals surface area (Å²) in [6.45, 7) is 10.8. The van der Waals surface area contributed by atoms with Crippen LogP contribution in [0.2, 0.25) is 0 Å². The highest BCUT2D eigenvalue weighted by Crippen LogP contribution is 2.29. The maximum atomic E-state index is 5.66. The summed E-state index contributed by atoms with van der Waals surface area (Å²) in [6, 6.07) is 6.27. The van der Waals surface area contributed by atoms with Crippen LogP contribution in [0.1, 0.15) is 32.8 Å². The minimum absolute atomic E-state index is 0.664. The average Bonchev–Trinajstić information content (AvgIpc) is 2.38. The highest BCUT2D eigenvalue weighted by atomic mass is 16.5. The lowest BCUT2D eigenvalue weighted by atomic mass is 9.91. The smallest absolute Gasteiger partial charge is 0.161 e. The number of ether oxygens (including phenoxy) is 2. The van der Waals surface area contributed by atoms with Crippen LogP contribution in [0.25, 0.3) is 0 Å². The van der Waals surface area contributed by atoms with Crippen molar-refractivity contribution < 1.29 is 9.47 Å². The minimum atomic E-state index is 0.664. The molecule has 0 saturated carbocycles. The molecule has 1 fully saturated rings. The van der Waals surface area contributed by atoms with Gasteiger partial charge >= 0.3 is 0 Å². The van der Waals surface area contributed by atoms with E-state index >= 15 is 0 Å². The molecule has 3 nitrogen and oxygen atoms in total. The Morgan fingerprint density at radius 3 is 2.45 bits per heavy atom. The first kappa shape index (κ1) is 15.2. The van der Waals surface area contributed by atoms with Gasteiger partial charge in [0.05, 0.1) is 13.7 Å². The molecule has 0 aliphatic carbocycles. The first-order valence-corrected chi connectivity index (χ1v) is 7.64. The predicted octanol–water partition coefficient (Wildman–Crippen LogP) is 3.57. The molecular formula is C17H27NO2. The zero-order valence-corrected chi connectivity index (χ0v) is 13.2. The Labute approximate surface area is 122 Å². The van der Waals surface area contributed by atoms with Crippen molar-refractivity contribution in [2.45, 2.75) is 33.7 Å². The highest BCUT2D eigenvalue weighted by Gasteiger charge is 2.21. The fourth-order valence-electron chi connectivity index (χ4n) is 3.27. The van der Waals surface area contributed by atoms with Gasteiger partial charge in [0.25, 0.3) is 0 Å². The number of hydrogen-bond donors (Lipinski definition) is 0. The third-order valence-corrected chi connectivity index (χ3v) is 3.88. The Bertz CT molecular complexity index is 423. The summed E-state index contributed by atoms with van der Waals surface area (Å²) in [4.78, 5) is 2.55. The van der Waals surface area contributed by atoms with E-state index in [1.807, 2.05) is 13.0 Å². The van der Waals surface area contributed by atoms with Gasteiger partial charge < -0.3 is 9.47 Å². The van der Waals surface area contributed by atoms with E-state index in [4.69, 9.17) is 9.47 Å². The summed E-state index contributed by atoms with van der Waals surface area (Å²) in [5.41, 5.74) is 1.30. The molecule has 0 bridgehead atoms. The lowest BCUT2D eigenvalue weighted by Crippen LogP contribution is -2.38. The molecule has 20 heavy (non-hydrogen) atoms. The third kappa shape index (κ3) is 3.89. The van der Waals surface area contributed by atoms with E-state index in [2.05, 4.69) is 30.9 Å². The van der Waals surface area contributed by atoms with Gasteiger partial charge in [0, 0.05) is 19.6 Å². The van der Waals surface area contributed by atoms with Crippen molar-refractivity contribution in [3.8, 4) is 11.5 Å². The Kier molecular flexibility index (Phi) is 5.30. The predicted molar refractivity (Wildman–Crippen MR) is 82.4 cm³/mol. The topological polar surface area (TPSA) is 21.7 Å². The fraction of sp³-hybridized carbons (Fsp3) is 0.647. The number of hydrogen-bond acceptors (Lipinski definition) is 3. The monoisotopic (exact) mass is 277 g/mol. The van der Waals surface area contributed by atoms with Crippen LogP contribution in [-0.2, 0) is 6.54 Å². The van der Waals surface area contributed by atoms with E-state index in [9.17, 15) is 0 Å². The molecule has 0 radical (unpaired) electrons. The van der Waals surface area contributed by atoms with Crippen LogP contribution in [0, 0.1) is 11.8 Å². The number of methoxy groups -OCH3 is 1. The number of likely N-dealkylation sites (tertiary alicyclic amines) is 1. The standard InChI is InChI=1S/C17H27NO2/c1-5-20-17-9-15(6-7-16(17)19-4)12-18-10-13(2)8-14(3)11-18/h6-7,9,13-14H,5,8,10-12H2,1-4H3. The van der Waals surface area contributed by atoms with Gasteiger partial charge in [-0.3, -0.25) is 4.90 Å². The molecule has 1 heterocycles. The second-order valence-corrected chi connectivity index (χ2v) is 6.06. The van der Waals surface area contributed by atoms with Crippen molar-refractivity contribution in [1.82, 2.24) is 4.90 Å². The molecule has 2 unspecified atom stereocenters. The Balaban J connectivity index is 2.07. The van der Waals surface area contributed by atoms with Gasteiger partial charge in [0.15, 0.2) is 11.5 Å². The molecule has 1 saturated heterocycles. The maximum Gasteiger partial charge on any atom is 0.161 e. The van der Waals surface area contributed by atoms with Gasteiger partial charge in [-0.05, 0) is 42.9 Å². The van der Waals surface area contributed by atoms with Gasteiger partial charge in [0.2, 0.25) is 0 Å². The summed E-state index contributed by atoms with van der Waals surface area (Å²) < 4.78 is 11.0. The summed E-state index contributed by atoms with van der Waals surface area (Å²) in [5, 5.41) is 0. The van der Waals surface area contributed by atoms with Gasteiger partial charge in [-0.25, -0.2) is 0 Å². The van der Waals surface area contributed by atoms with Crippen molar-refractivity contribution in [1.29, 1.82) is 0 Å². The van der Waals surface area contributed by atoms with Gasteiger partial charge in [0.1, 0.15) is 0 Å². The van der Waals surface area contributed by atoms with Gasteiger partial charge in [-0.1, -0.05) is 19.9 Å². The lowest BCUT2D eigenvalue weighted by Gasteiger charge is -2.35. The van der Waals surface area contributed by atoms with Gasteiger partial charge in [-0.15, -0.1) is 0 Å². The molecule has 1 aromatic carbocycles. The molecule has 1 aliphatic heterocycles. The van der Waals surface area contributed by atoms with Crippen LogP contribution in [0.3, 0.4) is 0 Å². The maximum absolute atomic E-state index is 5.66. The Hall–Kier alpha value is -1.22. The van der Waals surface area contributed by atoms with Crippen molar-refractivity contribution in [2.75, 3.05) is 26.8 Å². The van der Waals surface area contributed by atoms with Crippen LogP contribution in [0.5, 0.6) is 11.5 Å². The van der Waals surface area contributed by atoms with E-state index in [1.54, 1.807) is 7.11 Å². The highest BCUT2D eigenvalue weighted by molar-refractivity contribution is 5.42. The molecule has 0 amide bonds. The largest absolute Gasteiger partial charge is 0.493 e. The molecule has 1 aliphatic rings. The van der Waals surface area contributed by atoms with E-state index in [1.165, 1.54) is 25.1 Å². The van der Waals surface area contributed by atoms with Crippen LogP contribution >= 0.6 is 0 Å². The van der Waals surface area contributed by atoms with Crippen molar-refractivity contribution >= 4 is 0 Å². The first-order valence-electron chi connectivity index (χ1n) is 7.64. The third-order valence-electron chi connectivity index (χ3n) is 3.88. The summed E-state index contributed by atoms with van der Waals surface area (Å²) >= 11 is 0. The van der Waals surface area contributed by atoms with E-state index in [0.29, 0.717) is 6.61 Å². The molecule has 2 rings (SSSR count). The number of benzene rings is 1. The molecule has 0 aromatic heterocycles. The Morgan fingerprint density at radius 2 is 1.85 bits per heavy atom. The van der Waals surface area contributed by atoms with Crippen molar-refractivity contribution in [2.24, 2.45) is 11.8 Å². The van der Waals surface area contributed by atoms with Gasteiger partial charge in [-0.2, -0.15) is 0 Å². The van der Waals surface area contributed by atoms with Crippen LogP contribution in [-0.4, -0.2) is 31.7 Å². The summed E-state index contributed by atoms with van der Waals surface area (Å²) in [7, 11) is 1.69. The molecule has 1 aromatic rings. The van der Waals surface area contributed by atoms with Crippen LogP contribution < -0.4 is 9.47 Å². The van der Waals surface area contributed by atoms with Crippen LogP contribution in [0.15, 0.2) is 18.2 Å². The molecule has 0 spiro atoms. The SMILES string of the molecule is CCOc1cc(CN2CC(C)CC(C)C2)ccc1OC. The van der Waals surface area contributed by atoms with E-state index in [0.717, 1.165) is 29.9 Å². The lowest BCUT2D eigenvalue weighted by molar-refractivity contribution is 0.134. The normalized spacial score (nSPS) is 23.6. The molecule has 112 valence electrons. The zero-order valence-electron chi connectivity index (χ0n) is 13.2. The van der Waals surface area contributed by atoms with E-state index < -0.39 is 0 Å². The molecule has 0 N–H and O–H groups in total. The van der Waals surface area contributed by atoms with Crippen LogP contribution in [0.4, 0.5) is 0 Å². The minimum Gasteiger partial charge on any atom is -0.493 e. The van der Waals surface area contributed by atoms with Crippen molar-refractivity contribution in [3.63, 3.8) is 0 Å². The quantitative estimate of drug-likeness (QED) is 0.821. The number of nitrogens with zero attached hydrogens (tertiary/aromatic N) is 1. The zero-order chi connectivity index (χ0) is 14.5. The molecule has 3 heteroatoms. The van der Waals surface area contributed by atoms with Crippen molar-refractivity contribution in [3.05, 3.63) is 23.8 Å². The summed E-state index contributed by atoms with van der Waals surface area (Å²) in [6.07, 6.45) is 1.35. The molecule has 2 atom stereocenters. The fourth-order valence-corrected chi connectivity index (χ4v) is 3.27. The summed E-state index contributed by atoms with van der Waals surface area (Å²) in [5.74, 6) is 3.26. The number of rotatable bonds is 5.